The number of nitrogens with zero attached hydrogens (tertiary/aromatic N) is 1. The molecule has 0 spiro atoms. The number of rotatable bonds is 5. The van der Waals surface area contributed by atoms with E-state index < -0.39 is 17.5 Å². The molecule has 7 heteroatoms. The van der Waals surface area contributed by atoms with Crippen molar-refractivity contribution in [2.45, 2.75) is 25.9 Å². The number of piperidine rings is 1. The van der Waals surface area contributed by atoms with Crippen LogP contribution in [0.4, 0.5) is 0 Å². The van der Waals surface area contributed by atoms with Crippen LogP contribution in [0.2, 0.25) is 5.02 Å². The average Bonchev–Trinajstić information content (AvgIpc) is 2.71. The molecule has 0 aromatic heterocycles. The minimum Gasteiger partial charge on any atom is -0.497 e. The van der Waals surface area contributed by atoms with Gasteiger partial charge in [0.2, 0.25) is 0 Å². The van der Waals surface area contributed by atoms with E-state index in [0.29, 0.717) is 21.9 Å². The zero-order chi connectivity index (χ0) is 21.2. The van der Waals surface area contributed by atoms with Crippen molar-refractivity contribution in [3.63, 3.8) is 0 Å². The summed E-state index contributed by atoms with van der Waals surface area (Å²) in [6.45, 7) is 1.96. The van der Waals surface area contributed by atoms with Gasteiger partial charge in [-0.25, -0.2) is 0 Å². The summed E-state index contributed by atoms with van der Waals surface area (Å²) < 4.78 is 5.22. The van der Waals surface area contributed by atoms with Crippen molar-refractivity contribution < 1.29 is 24.5 Å². The standard InChI is InChI=1S/C22H24ClNO5/c1-14-5-3-8-17(19(14)23)20(26)24-10-9-18(25)22(13-24,21(27)28)12-15-6-4-7-16(11-15)29-2/h3-8,11,18,25H,9-10,12-13H2,1-2H3,(H,27,28)/t18-,22-/m1/s1. The molecule has 2 N–H and O–H groups in total. The van der Waals surface area contributed by atoms with E-state index in [-0.39, 0.29) is 31.8 Å². The normalized spacial score (nSPS) is 21.7. The quantitative estimate of drug-likeness (QED) is 0.780. The Labute approximate surface area is 174 Å². The first-order chi connectivity index (χ1) is 13.8. The van der Waals surface area contributed by atoms with Crippen LogP contribution in [-0.4, -0.2) is 53.3 Å². The molecule has 1 amide bonds. The number of aliphatic carboxylic acids is 1. The third kappa shape index (κ3) is 4.09. The van der Waals surface area contributed by atoms with Gasteiger partial charge >= 0.3 is 5.97 Å². The maximum Gasteiger partial charge on any atom is 0.314 e. The average molecular weight is 418 g/mol. The highest BCUT2D eigenvalue weighted by Gasteiger charge is 2.50. The van der Waals surface area contributed by atoms with Crippen LogP contribution in [0.25, 0.3) is 0 Å². The number of carboxylic acid groups (broad SMARTS) is 1. The number of likely N-dealkylation sites (tertiary alicyclic amines) is 1. The molecule has 154 valence electrons. The van der Waals surface area contributed by atoms with Gasteiger partial charge in [0.1, 0.15) is 11.2 Å². The van der Waals surface area contributed by atoms with E-state index in [4.69, 9.17) is 16.3 Å². The number of hydrogen-bond donors (Lipinski definition) is 2. The number of amides is 1. The largest absolute Gasteiger partial charge is 0.497 e. The summed E-state index contributed by atoms with van der Waals surface area (Å²) in [6.07, 6.45) is -0.833. The summed E-state index contributed by atoms with van der Waals surface area (Å²) in [5.41, 5.74) is 0.309. The maximum absolute atomic E-state index is 13.1. The van der Waals surface area contributed by atoms with Crippen molar-refractivity contribution >= 4 is 23.5 Å². The number of carbonyl (C=O) groups is 2. The Bertz CT molecular complexity index is 931. The fourth-order valence-corrected chi connectivity index (χ4v) is 4.05. The summed E-state index contributed by atoms with van der Waals surface area (Å²) in [6, 6.07) is 12.3. The summed E-state index contributed by atoms with van der Waals surface area (Å²) in [5, 5.41) is 21.1. The summed E-state index contributed by atoms with van der Waals surface area (Å²) in [5.74, 6) is -0.865. The van der Waals surface area contributed by atoms with E-state index in [0.717, 1.165) is 5.56 Å². The van der Waals surface area contributed by atoms with Crippen molar-refractivity contribution in [2.75, 3.05) is 20.2 Å². The van der Waals surface area contributed by atoms with Crippen LogP contribution >= 0.6 is 11.6 Å². The Balaban J connectivity index is 1.93. The minimum atomic E-state index is -1.52. The number of carboxylic acids is 1. The number of ether oxygens (including phenoxy) is 1. The van der Waals surface area contributed by atoms with Gasteiger partial charge in [0.25, 0.3) is 5.91 Å². The molecule has 0 unspecified atom stereocenters. The highest BCUT2D eigenvalue weighted by atomic mass is 35.5. The molecule has 2 atom stereocenters. The first-order valence-electron chi connectivity index (χ1n) is 9.37. The molecule has 0 saturated carbocycles. The molecular formula is C22H24ClNO5. The number of hydrogen-bond acceptors (Lipinski definition) is 4. The molecule has 1 fully saturated rings. The van der Waals surface area contributed by atoms with Crippen LogP contribution in [0.15, 0.2) is 42.5 Å². The zero-order valence-corrected chi connectivity index (χ0v) is 17.1. The van der Waals surface area contributed by atoms with Crippen molar-refractivity contribution in [2.24, 2.45) is 5.41 Å². The van der Waals surface area contributed by atoms with Crippen molar-refractivity contribution in [3.8, 4) is 5.75 Å². The molecular weight excluding hydrogens is 394 g/mol. The topological polar surface area (TPSA) is 87.1 Å². The first kappa shape index (κ1) is 21.1. The van der Waals surface area contributed by atoms with Gasteiger partial charge in [-0.05, 0) is 49.1 Å². The van der Waals surface area contributed by atoms with Crippen LogP contribution in [-0.2, 0) is 11.2 Å². The lowest BCUT2D eigenvalue weighted by molar-refractivity contribution is -0.161. The number of methoxy groups -OCH3 is 1. The predicted molar refractivity (Wildman–Crippen MR) is 109 cm³/mol. The van der Waals surface area contributed by atoms with Crippen LogP contribution in [0, 0.1) is 12.3 Å². The zero-order valence-electron chi connectivity index (χ0n) is 16.4. The summed E-state index contributed by atoms with van der Waals surface area (Å²) >= 11 is 6.31. The van der Waals surface area contributed by atoms with Crippen LogP contribution in [0.3, 0.4) is 0 Å². The van der Waals surface area contributed by atoms with Crippen LogP contribution in [0.1, 0.15) is 27.9 Å². The van der Waals surface area contributed by atoms with E-state index in [1.165, 1.54) is 12.0 Å². The van der Waals surface area contributed by atoms with Gasteiger partial charge in [0, 0.05) is 13.1 Å². The molecule has 6 nitrogen and oxygen atoms in total. The Morgan fingerprint density at radius 1 is 1.28 bits per heavy atom. The fourth-order valence-electron chi connectivity index (χ4n) is 3.84. The smallest absolute Gasteiger partial charge is 0.314 e. The number of halogens is 1. The molecule has 29 heavy (non-hydrogen) atoms. The van der Waals surface area contributed by atoms with Gasteiger partial charge in [-0.3, -0.25) is 9.59 Å². The fraction of sp³-hybridized carbons (Fsp3) is 0.364. The highest BCUT2D eigenvalue weighted by Crippen LogP contribution is 2.36. The van der Waals surface area contributed by atoms with E-state index in [9.17, 15) is 19.8 Å². The third-order valence-electron chi connectivity index (χ3n) is 5.57. The second-order valence-corrected chi connectivity index (χ2v) is 7.84. The molecule has 2 aromatic carbocycles. The van der Waals surface area contributed by atoms with Crippen molar-refractivity contribution in [3.05, 3.63) is 64.2 Å². The van der Waals surface area contributed by atoms with E-state index >= 15 is 0 Å². The lowest BCUT2D eigenvalue weighted by Gasteiger charge is -2.43. The van der Waals surface area contributed by atoms with Gasteiger partial charge < -0.3 is 19.8 Å². The van der Waals surface area contributed by atoms with Crippen molar-refractivity contribution in [1.82, 2.24) is 4.90 Å². The van der Waals surface area contributed by atoms with Crippen molar-refractivity contribution in [1.29, 1.82) is 0 Å². The number of benzene rings is 2. The van der Waals surface area contributed by atoms with Gasteiger partial charge in [-0.1, -0.05) is 35.9 Å². The minimum absolute atomic E-state index is 0.0754. The van der Waals surface area contributed by atoms with Crippen LogP contribution in [0.5, 0.6) is 5.75 Å². The number of aliphatic hydroxyl groups is 1. The molecule has 0 radical (unpaired) electrons. The lowest BCUT2D eigenvalue weighted by Crippen LogP contribution is -2.58. The SMILES string of the molecule is COc1cccc(C[C@@]2(C(=O)O)CN(C(=O)c3cccc(C)c3Cl)CC[C@H]2O)c1. The molecule has 1 saturated heterocycles. The Morgan fingerprint density at radius 2 is 2.00 bits per heavy atom. The molecule has 2 aromatic rings. The summed E-state index contributed by atoms with van der Waals surface area (Å²) in [4.78, 5) is 26.9. The maximum atomic E-state index is 13.1. The molecule has 0 aliphatic carbocycles. The molecule has 1 heterocycles. The second-order valence-electron chi connectivity index (χ2n) is 7.46. The Hall–Kier alpha value is -2.57. The second kappa shape index (κ2) is 8.43. The molecule has 1 aliphatic heterocycles. The number of aliphatic hydroxyl groups excluding tert-OH is 1. The van der Waals surface area contributed by atoms with Gasteiger partial charge in [-0.15, -0.1) is 0 Å². The Morgan fingerprint density at radius 3 is 2.69 bits per heavy atom. The van der Waals surface area contributed by atoms with Crippen LogP contribution < -0.4 is 4.74 Å². The lowest BCUT2D eigenvalue weighted by atomic mass is 9.72. The number of carbonyl (C=O) groups excluding carboxylic acids is 1. The molecule has 1 aliphatic rings. The highest BCUT2D eigenvalue weighted by molar-refractivity contribution is 6.34. The number of aryl methyl sites for hydroxylation is 1. The summed E-state index contributed by atoms with van der Waals surface area (Å²) in [7, 11) is 1.54. The first-order valence-corrected chi connectivity index (χ1v) is 9.75. The monoisotopic (exact) mass is 417 g/mol. The molecule has 3 rings (SSSR count). The van der Waals surface area contributed by atoms with Gasteiger partial charge in [0.05, 0.1) is 23.8 Å². The Kier molecular flexibility index (Phi) is 6.15. The van der Waals surface area contributed by atoms with E-state index in [2.05, 4.69) is 0 Å². The molecule has 0 bridgehead atoms. The van der Waals surface area contributed by atoms with E-state index in [1.807, 2.05) is 13.0 Å². The van der Waals surface area contributed by atoms with Gasteiger partial charge in [-0.2, -0.15) is 0 Å². The third-order valence-corrected chi connectivity index (χ3v) is 6.07. The van der Waals surface area contributed by atoms with Gasteiger partial charge in [0.15, 0.2) is 0 Å². The van der Waals surface area contributed by atoms with E-state index in [1.54, 1.807) is 36.4 Å². The predicted octanol–water partition coefficient (Wildman–Crippen LogP) is 3.18.